The Kier molecular flexibility index (Phi) is 6.02. The molecule has 1 aliphatic heterocycles. The van der Waals surface area contributed by atoms with E-state index in [1.807, 2.05) is 7.05 Å². The third-order valence-corrected chi connectivity index (χ3v) is 3.86. The molecule has 0 radical (unpaired) electrons. The zero-order valence-electron chi connectivity index (χ0n) is 12.9. The van der Waals surface area contributed by atoms with Gasteiger partial charge in [-0.15, -0.1) is 0 Å². The molecule has 1 saturated heterocycles. The standard InChI is InChI=1S/C17H27NO2/c1-13-8-14(2)10-15(9-13)17(18-3)12-19-11-16-6-4-5-7-20-16/h8-10,16-18H,4-7,11-12H2,1-3H3. The first kappa shape index (κ1) is 15.5. The van der Waals surface area contributed by atoms with Crippen molar-refractivity contribution in [3.8, 4) is 0 Å². The van der Waals surface area contributed by atoms with Crippen molar-refractivity contribution < 1.29 is 9.47 Å². The van der Waals surface area contributed by atoms with Gasteiger partial charge in [-0.2, -0.15) is 0 Å². The Balaban J connectivity index is 1.85. The van der Waals surface area contributed by atoms with Gasteiger partial charge in [-0.05, 0) is 45.7 Å². The minimum atomic E-state index is 0.247. The van der Waals surface area contributed by atoms with Crippen LogP contribution in [-0.2, 0) is 9.47 Å². The topological polar surface area (TPSA) is 30.5 Å². The molecule has 2 atom stereocenters. The summed E-state index contributed by atoms with van der Waals surface area (Å²) in [5.41, 5.74) is 3.90. The number of hydrogen-bond acceptors (Lipinski definition) is 3. The van der Waals surface area contributed by atoms with Crippen molar-refractivity contribution in [2.75, 3.05) is 26.9 Å². The van der Waals surface area contributed by atoms with Crippen LogP contribution in [0.2, 0.25) is 0 Å². The Hall–Kier alpha value is -0.900. The van der Waals surface area contributed by atoms with E-state index in [0.717, 1.165) is 13.0 Å². The Labute approximate surface area is 122 Å². The average Bonchev–Trinajstić information content (AvgIpc) is 2.43. The maximum Gasteiger partial charge on any atom is 0.0808 e. The third-order valence-electron chi connectivity index (χ3n) is 3.86. The predicted octanol–water partition coefficient (Wildman–Crippen LogP) is 3.15. The first-order valence-electron chi connectivity index (χ1n) is 7.64. The van der Waals surface area contributed by atoms with Crippen molar-refractivity contribution >= 4 is 0 Å². The van der Waals surface area contributed by atoms with Crippen LogP contribution in [-0.4, -0.2) is 33.0 Å². The van der Waals surface area contributed by atoms with E-state index in [4.69, 9.17) is 9.47 Å². The van der Waals surface area contributed by atoms with Gasteiger partial charge in [0, 0.05) is 6.61 Å². The molecule has 0 aliphatic carbocycles. The molecule has 1 aliphatic rings. The molecule has 0 saturated carbocycles. The molecule has 112 valence electrons. The second-order valence-electron chi connectivity index (χ2n) is 5.79. The number of rotatable bonds is 6. The van der Waals surface area contributed by atoms with Gasteiger partial charge in [-0.25, -0.2) is 0 Å². The van der Waals surface area contributed by atoms with Crippen LogP contribution in [0.3, 0.4) is 0 Å². The van der Waals surface area contributed by atoms with Crippen LogP contribution in [0, 0.1) is 13.8 Å². The molecule has 1 heterocycles. The summed E-state index contributed by atoms with van der Waals surface area (Å²) < 4.78 is 11.6. The highest BCUT2D eigenvalue weighted by atomic mass is 16.5. The highest BCUT2D eigenvalue weighted by Gasteiger charge is 2.16. The fraction of sp³-hybridized carbons (Fsp3) is 0.647. The lowest BCUT2D eigenvalue weighted by atomic mass is 10.0. The summed E-state index contributed by atoms with van der Waals surface area (Å²) in [5, 5.41) is 3.34. The van der Waals surface area contributed by atoms with Crippen LogP contribution in [0.15, 0.2) is 18.2 Å². The Morgan fingerprint density at radius 3 is 2.60 bits per heavy atom. The minimum absolute atomic E-state index is 0.247. The SMILES string of the molecule is CNC(COCC1CCCCO1)c1cc(C)cc(C)c1. The van der Waals surface area contributed by atoms with E-state index in [1.165, 1.54) is 29.5 Å². The monoisotopic (exact) mass is 277 g/mol. The van der Waals surface area contributed by atoms with E-state index in [9.17, 15) is 0 Å². The van der Waals surface area contributed by atoms with Gasteiger partial charge in [0.1, 0.15) is 0 Å². The fourth-order valence-corrected chi connectivity index (χ4v) is 2.81. The van der Waals surface area contributed by atoms with Crippen LogP contribution in [0.5, 0.6) is 0 Å². The van der Waals surface area contributed by atoms with Crippen molar-refractivity contribution in [1.82, 2.24) is 5.32 Å². The normalized spacial score (nSPS) is 20.9. The van der Waals surface area contributed by atoms with Gasteiger partial charge < -0.3 is 14.8 Å². The van der Waals surface area contributed by atoms with Crippen molar-refractivity contribution in [3.05, 3.63) is 34.9 Å². The highest BCUT2D eigenvalue weighted by Crippen LogP contribution is 2.18. The number of nitrogens with one attached hydrogen (secondary N) is 1. The minimum Gasteiger partial charge on any atom is -0.377 e. The third kappa shape index (κ3) is 4.58. The lowest BCUT2D eigenvalue weighted by Crippen LogP contribution is -2.28. The molecule has 1 fully saturated rings. The van der Waals surface area contributed by atoms with Crippen LogP contribution in [0.25, 0.3) is 0 Å². The van der Waals surface area contributed by atoms with Crippen molar-refractivity contribution in [2.45, 2.75) is 45.3 Å². The summed E-state index contributed by atoms with van der Waals surface area (Å²) in [6.07, 6.45) is 3.88. The van der Waals surface area contributed by atoms with E-state index >= 15 is 0 Å². The second-order valence-corrected chi connectivity index (χ2v) is 5.79. The average molecular weight is 277 g/mol. The molecule has 1 aromatic carbocycles. The molecule has 2 unspecified atom stereocenters. The molecule has 3 heteroatoms. The predicted molar refractivity (Wildman–Crippen MR) is 82.1 cm³/mol. The zero-order valence-corrected chi connectivity index (χ0v) is 12.9. The first-order valence-corrected chi connectivity index (χ1v) is 7.64. The summed E-state index contributed by atoms with van der Waals surface area (Å²) in [6, 6.07) is 6.91. The van der Waals surface area contributed by atoms with E-state index < -0.39 is 0 Å². The Morgan fingerprint density at radius 1 is 1.25 bits per heavy atom. The highest BCUT2D eigenvalue weighted by molar-refractivity contribution is 5.30. The first-order chi connectivity index (χ1) is 9.69. The molecule has 0 amide bonds. The number of benzene rings is 1. The van der Waals surface area contributed by atoms with Crippen LogP contribution < -0.4 is 5.32 Å². The van der Waals surface area contributed by atoms with Gasteiger partial charge in [-0.1, -0.05) is 29.3 Å². The smallest absolute Gasteiger partial charge is 0.0808 e. The maximum absolute atomic E-state index is 5.87. The molecule has 0 bridgehead atoms. The van der Waals surface area contributed by atoms with Gasteiger partial charge in [0.15, 0.2) is 0 Å². The second kappa shape index (κ2) is 7.77. The fourth-order valence-electron chi connectivity index (χ4n) is 2.81. The summed E-state index contributed by atoms with van der Waals surface area (Å²) in [6.45, 7) is 6.57. The van der Waals surface area contributed by atoms with E-state index in [-0.39, 0.29) is 6.04 Å². The number of likely N-dealkylation sites (N-methyl/N-ethyl adjacent to an activating group) is 1. The van der Waals surface area contributed by atoms with Crippen LogP contribution in [0.4, 0.5) is 0 Å². The molecular weight excluding hydrogens is 250 g/mol. The Morgan fingerprint density at radius 2 is 2.00 bits per heavy atom. The quantitative estimate of drug-likeness (QED) is 0.866. The van der Waals surface area contributed by atoms with Gasteiger partial charge in [0.25, 0.3) is 0 Å². The van der Waals surface area contributed by atoms with Crippen molar-refractivity contribution in [3.63, 3.8) is 0 Å². The number of ether oxygens (including phenoxy) is 2. The molecule has 0 spiro atoms. The largest absolute Gasteiger partial charge is 0.377 e. The van der Waals surface area contributed by atoms with Crippen molar-refractivity contribution in [2.24, 2.45) is 0 Å². The number of hydrogen-bond donors (Lipinski definition) is 1. The van der Waals surface area contributed by atoms with Crippen LogP contribution >= 0.6 is 0 Å². The van der Waals surface area contributed by atoms with E-state index in [1.54, 1.807) is 0 Å². The Bertz CT molecular complexity index is 393. The van der Waals surface area contributed by atoms with E-state index in [0.29, 0.717) is 19.3 Å². The molecule has 1 N–H and O–H groups in total. The maximum atomic E-state index is 5.87. The van der Waals surface area contributed by atoms with E-state index in [2.05, 4.69) is 37.4 Å². The summed E-state index contributed by atoms with van der Waals surface area (Å²) in [5.74, 6) is 0. The van der Waals surface area contributed by atoms with Gasteiger partial charge in [-0.3, -0.25) is 0 Å². The molecule has 1 aromatic rings. The molecular formula is C17H27NO2. The van der Waals surface area contributed by atoms with Gasteiger partial charge in [0.05, 0.1) is 25.4 Å². The lowest BCUT2D eigenvalue weighted by Gasteiger charge is -2.24. The molecule has 0 aromatic heterocycles. The molecule has 3 nitrogen and oxygen atoms in total. The van der Waals surface area contributed by atoms with Crippen molar-refractivity contribution in [1.29, 1.82) is 0 Å². The van der Waals surface area contributed by atoms with Gasteiger partial charge >= 0.3 is 0 Å². The van der Waals surface area contributed by atoms with Crippen LogP contribution in [0.1, 0.15) is 42.0 Å². The van der Waals surface area contributed by atoms with Gasteiger partial charge in [0.2, 0.25) is 0 Å². The summed E-state index contributed by atoms with van der Waals surface area (Å²) >= 11 is 0. The molecule has 20 heavy (non-hydrogen) atoms. The zero-order chi connectivity index (χ0) is 14.4. The summed E-state index contributed by atoms with van der Waals surface area (Å²) in [7, 11) is 1.99. The lowest BCUT2D eigenvalue weighted by molar-refractivity contribution is -0.0440. The number of aryl methyl sites for hydroxylation is 2. The summed E-state index contributed by atoms with van der Waals surface area (Å²) in [4.78, 5) is 0. The molecule has 2 rings (SSSR count).